The van der Waals surface area contributed by atoms with Gasteiger partial charge < -0.3 is 10.0 Å². The smallest absolute Gasteiger partial charge is 0.343 e. The molecule has 1 aliphatic heterocycles. The van der Waals surface area contributed by atoms with E-state index in [1.165, 1.54) is 23.2 Å². The van der Waals surface area contributed by atoms with E-state index in [1.807, 2.05) is 13.8 Å². The number of alkyl halides is 1. The van der Waals surface area contributed by atoms with Crippen LogP contribution >= 0.6 is 0 Å². The van der Waals surface area contributed by atoms with Crippen molar-refractivity contribution in [3.05, 3.63) is 47.5 Å². The number of carboxylic acid groups (broad SMARTS) is 1. The predicted molar refractivity (Wildman–Crippen MR) is 89.6 cm³/mol. The molecule has 0 bridgehead atoms. The van der Waals surface area contributed by atoms with Gasteiger partial charge in [0.05, 0.1) is 29.7 Å². The molecule has 1 fully saturated rings. The molecule has 0 spiro atoms. The van der Waals surface area contributed by atoms with Crippen molar-refractivity contribution >= 4 is 11.9 Å². The zero-order valence-electron chi connectivity index (χ0n) is 14.4. The van der Waals surface area contributed by atoms with Gasteiger partial charge in [-0.05, 0) is 30.2 Å². The second-order valence-corrected chi connectivity index (χ2v) is 6.73. The summed E-state index contributed by atoms with van der Waals surface area (Å²) in [6, 6.07) is 5.70. The monoisotopic (exact) mass is 363 g/mol. The number of likely N-dealkylation sites (tertiary alicyclic amines) is 1. The quantitative estimate of drug-likeness (QED) is 0.906. The molecule has 1 amide bonds. The van der Waals surface area contributed by atoms with Crippen molar-refractivity contribution in [1.29, 1.82) is 0 Å². The summed E-state index contributed by atoms with van der Waals surface area (Å²) in [6.45, 7) is 3.31. The van der Waals surface area contributed by atoms with Crippen LogP contribution in [-0.4, -0.2) is 50.4 Å². The third kappa shape index (κ3) is 3.07. The van der Waals surface area contributed by atoms with Crippen LogP contribution in [0.2, 0.25) is 0 Å². The molecule has 2 heterocycles. The summed E-state index contributed by atoms with van der Waals surface area (Å²) in [6.07, 6.45) is 1.15. The number of halogens is 2. The molecule has 1 unspecified atom stereocenters. The van der Waals surface area contributed by atoms with Crippen molar-refractivity contribution in [1.82, 2.24) is 14.7 Å². The Kier molecular flexibility index (Phi) is 4.52. The molecule has 1 atom stereocenters. The van der Waals surface area contributed by atoms with Gasteiger partial charge in [-0.1, -0.05) is 13.8 Å². The van der Waals surface area contributed by atoms with E-state index in [2.05, 4.69) is 5.10 Å². The highest BCUT2D eigenvalue weighted by molar-refractivity contribution is 5.96. The first kappa shape index (κ1) is 18.0. The van der Waals surface area contributed by atoms with Crippen molar-refractivity contribution in [3.63, 3.8) is 0 Å². The van der Waals surface area contributed by atoms with Crippen LogP contribution in [0, 0.1) is 5.82 Å². The summed E-state index contributed by atoms with van der Waals surface area (Å²) in [7, 11) is 0. The maximum atomic E-state index is 14.3. The number of carbonyl (C=O) groups is 2. The lowest BCUT2D eigenvalue weighted by molar-refractivity contribution is -0.149. The number of rotatable bonds is 4. The summed E-state index contributed by atoms with van der Waals surface area (Å²) < 4.78 is 29.0. The maximum Gasteiger partial charge on any atom is 0.343 e. The maximum absolute atomic E-state index is 14.3. The number of benzene rings is 1. The highest BCUT2D eigenvalue weighted by Gasteiger charge is 2.47. The molecular weight excluding hydrogens is 344 g/mol. The van der Waals surface area contributed by atoms with Gasteiger partial charge in [0.1, 0.15) is 5.82 Å². The molecule has 0 saturated carbocycles. The van der Waals surface area contributed by atoms with Crippen LogP contribution in [0.4, 0.5) is 8.78 Å². The van der Waals surface area contributed by atoms with Crippen molar-refractivity contribution in [2.75, 3.05) is 13.1 Å². The molecule has 1 aromatic heterocycles. The van der Waals surface area contributed by atoms with E-state index in [4.69, 9.17) is 5.11 Å². The Bertz CT molecular complexity index is 848. The van der Waals surface area contributed by atoms with E-state index < -0.39 is 24.1 Å². The van der Waals surface area contributed by atoms with E-state index in [1.54, 1.807) is 16.8 Å². The van der Waals surface area contributed by atoms with Crippen LogP contribution in [0.25, 0.3) is 5.69 Å². The van der Waals surface area contributed by atoms with Crippen LogP contribution in [-0.2, 0) is 4.79 Å². The van der Waals surface area contributed by atoms with Crippen molar-refractivity contribution in [3.8, 4) is 5.69 Å². The number of aliphatic carboxylic acids is 1. The first-order chi connectivity index (χ1) is 12.2. The van der Waals surface area contributed by atoms with Crippen molar-refractivity contribution in [2.45, 2.75) is 31.9 Å². The Morgan fingerprint density at radius 2 is 1.92 bits per heavy atom. The number of hydrogen-bond acceptors (Lipinski definition) is 3. The molecule has 3 rings (SSSR count). The molecule has 6 nitrogen and oxygen atoms in total. The summed E-state index contributed by atoms with van der Waals surface area (Å²) in [4.78, 5) is 25.1. The highest BCUT2D eigenvalue weighted by Crippen LogP contribution is 2.30. The molecule has 26 heavy (non-hydrogen) atoms. The number of nitrogens with zero attached hydrogens (tertiary/aromatic N) is 3. The number of hydrogen-bond donors (Lipinski definition) is 1. The van der Waals surface area contributed by atoms with Crippen LogP contribution in [0.5, 0.6) is 0 Å². The zero-order chi connectivity index (χ0) is 19.1. The Morgan fingerprint density at radius 1 is 1.27 bits per heavy atom. The van der Waals surface area contributed by atoms with E-state index in [0.717, 1.165) is 0 Å². The van der Waals surface area contributed by atoms with Gasteiger partial charge in [0.15, 0.2) is 0 Å². The van der Waals surface area contributed by atoms with Crippen LogP contribution < -0.4 is 0 Å². The lowest BCUT2D eigenvalue weighted by atomic mass is 10.0. The lowest BCUT2D eigenvalue weighted by Crippen LogP contribution is -2.39. The molecule has 1 N–H and O–H groups in total. The Hall–Kier alpha value is -2.77. The largest absolute Gasteiger partial charge is 0.479 e. The fourth-order valence-corrected chi connectivity index (χ4v) is 3.16. The number of carbonyl (C=O) groups excluding carboxylic acids is 1. The van der Waals surface area contributed by atoms with Crippen LogP contribution in [0.3, 0.4) is 0 Å². The van der Waals surface area contributed by atoms with Gasteiger partial charge >= 0.3 is 5.97 Å². The lowest BCUT2D eigenvalue weighted by Gasteiger charge is -2.19. The summed E-state index contributed by atoms with van der Waals surface area (Å²) in [5.41, 5.74) is -0.922. The topological polar surface area (TPSA) is 75.4 Å². The first-order valence-electron chi connectivity index (χ1n) is 8.28. The van der Waals surface area contributed by atoms with E-state index in [-0.39, 0.29) is 24.7 Å². The number of amides is 1. The van der Waals surface area contributed by atoms with Gasteiger partial charge in [-0.15, -0.1) is 0 Å². The molecule has 1 saturated heterocycles. The third-order valence-corrected chi connectivity index (χ3v) is 4.54. The summed E-state index contributed by atoms with van der Waals surface area (Å²) >= 11 is 0. The van der Waals surface area contributed by atoms with Crippen LogP contribution in [0.15, 0.2) is 30.5 Å². The second-order valence-electron chi connectivity index (χ2n) is 6.73. The first-order valence-corrected chi connectivity index (χ1v) is 8.28. The molecule has 2 aromatic rings. The fraction of sp³-hybridized carbons (Fsp3) is 0.389. The summed E-state index contributed by atoms with van der Waals surface area (Å²) in [5, 5.41) is 13.2. The average Bonchev–Trinajstić information content (AvgIpc) is 3.20. The standard InChI is InChI=1S/C18H19F2N3O3/c1-11(2)15-14(9-21-23(15)13-5-3-12(19)4-6-13)16(24)22-8-7-18(20,10-22)17(25)26/h3-6,9,11H,7-8,10H2,1-2H3,(H,25,26). The predicted octanol–water partition coefficient (Wildman–Crippen LogP) is 2.77. The number of aromatic nitrogens is 2. The minimum atomic E-state index is -2.42. The molecule has 1 aromatic carbocycles. The minimum absolute atomic E-state index is 0.0287. The van der Waals surface area contributed by atoms with Gasteiger partial charge in [-0.25, -0.2) is 18.3 Å². The molecule has 8 heteroatoms. The molecular formula is C18H19F2N3O3. The van der Waals surface area contributed by atoms with Gasteiger partial charge in [0, 0.05) is 13.0 Å². The van der Waals surface area contributed by atoms with Gasteiger partial charge in [0.25, 0.3) is 5.91 Å². The minimum Gasteiger partial charge on any atom is -0.479 e. The fourth-order valence-electron chi connectivity index (χ4n) is 3.16. The van der Waals surface area contributed by atoms with E-state index >= 15 is 0 Å². The van der Waals surface area contributed by atoms with Crippen molar-refractivity contribution in [2.24, 2.45) is 0 Å². The molecule has 138 valence electrons. The SMILES string of the molecule is CC(C)c1c(C(=O)N2CCC(F)(C(=O)O)C2)cnn1-c1ccc(F)cc1. The van der Waals surface area contributed by atoms with Gasteiger partial charge in [-0.2, -0.15) is 5.10 Å². The molecule has 0 radical (unpaired) electrons. The summed E-state index contributed by atoms with van der Waals surface area (Å²) in [5.74, 6) is -2.48. The third-order valence-electron chi connectivity index (χ3n) is 4.54. The zero-order valence-corrected chi connectivity index (χ0v) is 14.4. The van der Waals surface area contributed by atoms with Crippen LogP contribution in [0.1, 0.15) is 42.2 Å². The van der Waals surface area contributed by atoms with E-state index in [9.17, 15) is 18.4 Å². The second kappa shape index (κ2) is 6.51. The molecule has 0 aliphatic carbocycles. The van der Waals surface area contributed by atoms with E-state index in [0.29, 0.717) is 16.9 Å². The van der Waals surface area contributed by atoms with Gasteiger partial charge in [-0.3, -0.25) is 4.79 Å². The van der Waals surface area contributed by atoms with Crippen molar-refractivity contribution < 1.29 is 23.5 Å². The normalized spacial score (nSPS) is 20.0. The Labute approximate surface area is 149 Å². The average molecular weight is 363 g/mol. The highest BCUT2D eigenvalue weighted by atomic mass is 19.1. The molecule has 1 aliphatic rings. The van der Waals surface area contributed by atoms with Gasteiger partial charge in [0.2, 0.25) is 5.67 Å². The Balaban J connectivity index is 1.95. The Morgan fingerprint density at radius 3 is 2.46 bits per heavy atom. The number of carboxylic acids is 1.